The van der Waals surface area contributed by atoms with E-state index in [9.17, 15) is 12.8 Å². The fourth-order valence-electron chi connectivity index (χ4n) is 1.91. The minimum Gasteiger partial charge on any atom is -0.312 e. The molecule has 7 heteroatoms. The molecule has 1 fully saturated rings. The number of nitrogens with one attached hydrogen (secondary N) is 1. The molecular weight excluding hydrogens is 279 g/mol. The summed E-state index contributed by atoms with van der Waals surface area (Å²) in [4.78, 5) is -0.242. The number of sulfonamides is 1. The predicted molar refractivity (Wildman–Crippen MR) is 69.9 cm³/mol. The molecule has 0 amide bonds. The molecular formula is C11H16ClFN2O2S. The maximum Gasteiger partial charge on any atom is 0.246 e. The van der Waals surface area contributed by atoms with Gasteiger partial charge in [0.15, 0.2) is 0 Å². The van der Waals surface area contributed by atoms with Gasteiger partial charge in [0.1, 0.15) is 10.7 Å². The van der Waals surface area contributed by atoms with Gasteiger partial charge in [0.2, 0.25) is 10.0 Å². The first kappa shape index (κ1) is 15.4. The van der Waals surface area contributed by atoms with Crippen LogP contribution in [0.5, 0.6) is 0 Å². The van der Waals surface area contributed by atoms with Crippen LogP contribution in [0.3, 0.4) is 0 Å². The van der Waals surface area contributed by atoms with Gasteiger partial charge in [0.25, 0.3) is 0 Å². The molecule has 0 unspecified atom stereocenters. The predicted octanol–water partition coefficient (Wildman–Crippen LogP) is 1.23. The van der Waals surface area contributed by atoms with E-state index in [4.69, 9.17) is 0 Å². The lowest BCUT2D eigenvalue weighted by Gasteiger charge is -2.31. The summed E-state index contributed by atoms with van der Waals surface area (Å²) in [5, 5.41) is 3.15. The van der Waals surface area contributed by atoms with Crippen molar-refractivity contribution >= 4 is 22.4 Å². The van der Waals surface area contributed by atoms with Crippen molar-refractivity contribution in [1.29, 1.82) is 0 Å². The summed E-state index contributed by atoms with van der Waals surface area (Å²) < 4.78 is 39.3. The minimum absolute atomic E-state index is 0. The van der Waals surface area contributed by atoms with Gasteiger partial charge in [-0.2, -0.15) is 4.31 Å². The molecule has 0 radical (unpaired) electrons. The Labute approximate surface area is 113 Å². The highest BCUT2D eigenvalue weighted by Crippen LogP contribution is 2.19. The van der Waals surface area contributed by atoms with E-state index in [2.05, 4.69) is 5.32 Å². The molecule has 0 spiro atoms. The fourth-order valence-corrected chi connectivity index (χ4v) is 3.50. The molecule has 1 heterocycles. The minimum atomic E-state index is -3.71. The van der Waals surface area contributed by atoms with E-state index in [0.717, 1.165) is 0 Å². The van der Waals surface area contributed by atoms with Gasteiger partial charge < -0.3 is 5.32 Å². The number of hydrogen-bond donors (Lipinski definition) is 1. The van der Waals surface area contributed by atoms with E-state index in [-0.39, 0.29) is 23.3 Å². The van der Waals surface area contributed by atoms with Crippen molar-refractivity contribution < 1.29 is 12.8 Å². The third-order valence-corrected chi connectivity index (χ3v) is 4.68. The number of nitrogens with zero attached hydrogens (tertiary/aromatic N) is 1. The molecule has 1 aliphatic rings. The zero-order valence-corrected chi connectivity index (χ0v) is 11.6. The van der Waals surface area contributed by atoms with Crippen LogP contribution in [0.1, 0.15) is 6.92 Å². The van der Waals surface area contributed by atoms with Crippen LogP contribution < -0.4 is 5.32 Å². The molecule has 1 aliphatic heterocycles. The molecule has 4 nitrogen and oxygen atoms in total. The van der Waals surface area contributed by atoms with E-state index in [0.29, 0.717) is 19.6 Å². The van der Waals surface area contributed by atoms with Crippen molar-refractivity contribution in [2.24, 2.45) is 0 Å². The summed E-state index contributed by atoms with van der Waals surface area (Å²) in [6.07, 6.45) is 0. The van der Waals surface area contributed by atoms with Gasteiger partial charge in [-0.15, -0.1) is 12.4 Å². The van der Waals surface area contributed by atoms with E-state index in [1.54, 1.807) is 0 Å². The number of piperazine rings is 1. The summed E-state index contributed by atoms with van der Waals surface area (Å²) in [5.41, 5.74) is 0. The highest BCUT2D eigenvalue weighted by Gasteiger charge is 2.30. The smallest absolute Gasteiger partial charge is 0.246 e. The Bertz CT molecular complexity index is 510. The zero-order chi connectivity index (χ0) is 12.5. The second-order valence-corrected chi connectivity index (χ2v) is 6.06. The maximum atomic E-state index is 13.5. The molecule has 2 rings (SSSR count). The summed E-state index contributed by atoms with van der Waals surface area (Å²) in [6, 6.07) is 5.57. The molecule has 0 saturated carbocycles. The standard InChI is InChI=1S/C11H15FN2O2S.ClH/c1-9-8-14(7-6-13-9)17(15,16)11-5-3-2-4-10(11)12;/h2-5,9,13H,6-8H2,1H3;1H/t9-;/m1./s1. The summed E-state index contributed by atoms with van der Waals surface area (Å²) in [6.45, 7) is 3.25. The van der Waals surface area contributed by atoms with Crippen LogP contribution in [0.4, 0.5) is 4.39 Å². The number of hydrogen-bond acceptors (Lipinski definition) is 3. The Morgan fingerprint density at radius 3 is 2.67 bits per heavy atom. The average molecular weight is 295 g/mol. The molecule has 1 aromatic rings. The first-order valence-corrected chi connectivity index (χ1v) is 6.94. The Balaban J connectivity index is 0.00000162. The topological polar surface area (TPSA) is 49.4 Å². The Kier molecular flexibility index (Phi) is 5.10. The highest BCUT2D eigenvalue weighted by atomic mass is 35.5. The van der Waals surface area contributed by atoms with Crippen LogP contribution in [0.15, 0.2) is 29.2 Å². The first-order chi connectivity index (χ1) is 8.01. The molecule has 18 heavy (non-hydrogen) atoms. The van der Waals surface area contributed by atoms with Gasteiger partial charge in [-0.1, -0.05) is 12.1 Å². The molecule has 0 aliphatic carbocycles. The highest BCUT2D eigenvalue weighted by molar-refractivity contribution is 7.89. The largest absolute Gasteiger partial charge is 0.312 e. The van der Waals surface area contributed by atoms with Crippen molar-refractivity contribution in [3.05, 3.63) is 30.1 Å². The second kappa shape index (κ2) is 5.97. The molecule has 0 bridgehead atoms. The summed E-state index contributed by atoms with van der Waals surface area (Å²) in [5.74, 6) is -0.696. The summed E-state index contributed by atoms with van der Waals surface area (Å²) >= 11 is 0. The van der Waals surface area contributed by atoms with Gasteiger partial charge in [-0.05, 0) is 19.1 Å². The third-order valence-electron chi connectivity index (χ3n) is 2.79. The molecule has 1 saturated heterocycles. The van der Waals surface area contributed by atoms with Gasteiger partial charge in [-0.25, -0.2) is 12.8 Å². The lowest BCUT2D eigenvalue weighted by Crippen LogP contribution is -2.51. The summed E-state index contributed by atoms with van der Waals surface area (Å²) in [7, 11) is -3.71. The molecule has 102 valence electrons. The van der Waals surface area contributed by atoms with Gasteiger partial charge in [-0.3, -0.25) is 0 Å². The van der Waals surface area contributed by atoms with E-state index in [1.165, 1.54) is 28.6 Å². The van der Waals surface area contributed by atoms with Crippen LogP contribution >= 0.6 is 12.4 Å². The molecule has 0 aromatic heterocycles. The first-order valence-electron chi connectivity index (χ1n) is 5.50. The molecule has 1 aromatic carbocycles. The van der Waals surface area contributed by atoms with Crippen LogP contribution in [0.2, 0.25) is 0 Å². The van der Waals surface area contributed by atoms with Crippen molar-refractivity contribution in [2.75, 3.05) is 19.6 Å². The van der Waals surface area contributed by atoms with E-state index >= 15 is 0 Å². The Morgan fingerprint density at radius 2 is 2.06 bits per heavy atom. The number of halogens is 2. The zero-order valence-electron chi connectivity index (χ0n) is 9.97. The van der Waals surface area contributed by atoms with Crippen LogP contribution in [-0.4, -0.2) is 38.4 Å². The van der Waals surface area contributed by atoms with Gasteiger partial charge in [0.05, 0.1) is 0 Å². The van der Waals surface area contributed by atoms with Crippen molar-refractivity contribution in [2.45, 2.75) is 17.9 Å². The van der Waals surface area contributed by atoms with Crippen molar-refractivity contribution in [3.8, 4) is 0 Å². The second-order valence-electron chi connectivity index (χ2n) is 4.15. The van der Waals surface area contributed by atoms with E-state index in [1.807, 2.05) is 6.92 Å². The third kappa shape index (κ3) is 3.00. The Morgan fingerprint density at radius 1 is 1.39 bits per heavy atom. The number of rotatable bonds is 2. The van der Waals surface area contributed by atoms with Crippen molar-refractivity contribution in [3.63, 3.8) is 0 Å². The molecule has 1 atom stereocenters. The van der Waals surface area contributed by atoms with Crippen molar-refractivity contribution in [1.82, 2.24) is 9.62 Å². The van der Waals surface area contributed by atoms with Crippen LogP contribution in [-0.2, 0) is 10.0 Å². The number of benzene rings is 1. The van der Waals surface area contributed by atoms with Gasteiger partial charge >= 0.3 is 0 Å². The Hall–Kier alpha value is -0.690. The van der Waals surface area contributed by atoms with Crippen LogP contribution in [0.25, 0.3) is 0 Å². The van der Waals surface area contributed by atoms with Crippen LogP contribution in [0, 0.1) is 5.82 Å². The maximum absolute atomic E-state index is 13.5. The molecule has 1 N–H and O–H groups in total. The average Bonchev–Trinajstić information content (AvgIpc) is 2.29. The normalized spacial score (nSPS) is 21.3. The monoisotopic (exact) mass is 294 g/mol. The quantitative estimate of drug-likeness (QED) is 0.892. The lowest BCUT2D eigenvalue weighted by atomic mass is 10.3. The lowest BCUT2D eigenvalue weighted by molar-refractivity contribution is 0.309. The van der Waals surface area contributed by atoms with E-state index < -0.39 is 15.8 Å². The van der Waals surface area contributed by atoms with Gasteiger partial charge in [0, 0.05) is 25.7 Å². The SMILES string of the molecule is C[C@@H]1CN(S(=O)(=O)c2ccccc2F)CCN1.Cl. The fraction of sp³-hybridized carbons (Fsp3) is 0.455.